The van der Waals surface area contributed by atoms with Crippen molar-refractivity contribution in [3.8, 4) is 11.5 Å². The number of phenols is 1. The first-order valence-corrected chi connectivity index (χ1v) is 11.0. The van der Waals surface area contributed by atoms with Crippen molar-refractivity contribution in [2.24, 2.45) is 5.92 Å². The van der Waals surface area contributed by atoms with Gasteiger partial charge >= 0.3 is 0 Å². The first-order chi connectivity index (χ1) is 16.1. The van der Waals surface area contributed by atoms with Crippen LogP contribution < -0.4 is 15.4 Å². The SMILES string of the molecule is COc1ccc(CNC(=O)C2C=C(c3ccccc3)C=CC2(OC)C2CNCCO2)cc1O. The summed E-state index contributed by atoms with van der Waals surface area (Å²) >= 11 is 0. The number of morpholine rings is 1. The Labute approximate surface area is 194 Å². The summed E-state index contributed by atoms with van der Waals surface area (Å²) in [6.07, 6.45) is 5.60. The van der Waals surface area contributed by atoms with Crippen LogP contribution in [-0.2, 0) is 20.8 Å². The van der Waals surface area contributed by atoms with Crippen LogP contribution in [-0.4, -0.2) is 56.6 Å². The first kappa shape index (κ1) is 23.0. The Bertz CT molecular complexity index is 1030. The first-order valence-electron chi connectivity index (χ1n) is 11.0. The molecular formula is C26H30N2O5. The fraction of sp³-hybridized carbons (Fsp3) is 0.346. The summed E-state index contributed by atoms with van der Waals surface area (Å²) in [6.45, 7) is 2.17. The van der Waals surface area contributed by atoms with Gasteiger partial charge in [0.15, 0.2) is 11.5 Å². The Morgan fingerprint density at radius 2 is 2.06 bits per heavy atom. The quantitative estimate of drug-likeness (QED) is 0.601. The second-order valence-electron chi connectivity index (χ2n) is 8.14. The average molecular weight is 451 g/mol. The molecule has 3 N–H and O–H groups in total. The summed E-state index contributed by atoms with van der Waals surface area (Å²) in [5, 5.41) is 16.4. The van der Waals surface area contributed by atoms with Crippen LogP contribution in [0.25, 0.3) is 5.57 Å². The molecule has 2 aromatic carbocycles. The van der Waals surface area contributed by atoms with E-state index in [1.54, 1.807) is 19.2 Å². The number of hydrogen-bond acceptors (Lipinski definition) is 6. The summed E-state index contributed by atoms with van der Waals surface area (Å²) in [5.41, 5.74) is 1.80. The van der Waals surface area contributed by atoms with Gasteiger partial charge in [0.05, 0.1) is 19.6 Å². The zero-order valence-corrected chi connectivity index (χ0v) is 18.9. The zero-order valence-electron chi connectivity index (χ0n) is 18.9. The van der Waals surface area contributed by atoms with E-state index in [-0.39, 0.29) is 24.3 Å². The van der Waals surface area contributed by atoms with Crippen molar-refractivity contribution in [1.29, 1.82) is 0 Å². The van der Waals surface area contributed by atoms with Crippen LogP contribution in [0.1, 0.15) is 11.1 Å². The third kappa shape index (κ3) is 4.80. The molecule has 0 radical (unpaired) electrons. The molecule has 3 unspecified atom stereocenters. The van der Waals surface area contributed by atoms with Gasteiger partial charge < -0.3 is 30.0 Å². The second-order valence-corrected chi connectivity index (χ2v) is 8.14. The maximum Gasteiger partial charge on any atom is 0.230 e. The molecule has 174 valence electrons. The number of rotatable bonds is 7. The molecule has 4 rings (SSSR count). The molecule has 1 saturated heterocycles. The van der Waals surface area contributed by atoms with Gasteiger partial charge in [-0.1, -0.05) is 48.6 Å². The van der Waals surface area contributed by atoms with Gasteiger partial charge in [0.25, 0.3) is 0 Å². The van der Waals surface area contributed by atoms with Crippen molar-refractivity contribution in [2.45, 2.75) is 18.2 Å². The highest BCUT2D eigenvalue weighted by atomic mass is 16.5. The third-order valence-electron chi connectivity index (χ3n) is 6.24. The number of methoxy groups -OCH3 is 2. The summed E-state index contributed by atoms with van der Waals surface area (Å²) in [6, 6.07) is 15.0. The van der Waals surface area contributed by atoms with Crippen LogP contribution in [0, 0.1) is 5.92 Å². The number of aromatic hydroxyl groups is 1. The van der Waals surface area contributed by atoms with Crippen LogP contribution in [0.4, 0.5) is 0 Å². The van der Waals surface area contributed by atoms with E-state index in [9.17, 15) is 9.90 Å². The van der Waals surface area contributed by atoms with Crippen LogP contribution in [0.3, 0.4) is 0 Å². The Balaban J connectivity index is 1.61. The van der Waals surface area contributed by atoms with Crippen LogP contribution in [0.5, 0.6) is 11.5 Å². The van der Waals surface area contributed by atoms with Gasteiger partial charge in [0.1, 0.15) is 11.7 Å². The molecule has 0 spiro atoms. The minimum Gasteiger partial charge on any atom is -0.504 e. The Morgan fingerprint density at radius 3 is 2.73 bits per heavy atom. The van der Waals surface area contributed by atoms with Gasteiger partial charge in [-0.15, -0.1) is 0 Å². The lowest BCUT2D eigenvalue weighted by Gasteiger charge is -2.44. The van der Waals surface area contributed by atoms with Crippen molar-refractivity contribution in [2.75, 3.05) is 33.9 Å². The van der Waals surface area contributed by atoms with Gasteiger partial charge in [0, 0.05) is 26.7 Å². The lowest BCUT2D eigenvalue weighted by atomic mass is 9.75. The molecule has 2 aliphatic rings. The maximum atomic E-state index is 13.5. The van der Waals surface area contributed by atoms with Crippen molar-refractivity contribution >= 4 is 11.5 Å². The molecular weight excluding hydrogens is 420 g/mol. The van der Waals surface area contributed by atoms with E-state index in [1.165, 1.54) is 7.11 Å². The number of hydrogen-bond donors (Lipinski definition) is 3. The molecule has 7 heteroatoms. The van der Waals surface area contributed by atoms with Crippen molar-refractivity contribution < 1.29 is 24.1 Å². The zero-order chi connectivity index (χ0) is 23.3. The molecule has 0 aromatic heterocycles. The fourth-order valence-electron chi connectivity index (χ4n) is 4.43. The molecule has 1 aliphatic carbocycles. The Kier molecular flexibility index (Phi) is 7.13. The molecule has 1 heterocycles. The monoisotopic (exact) mass is 450 g/mol. The van der Waals surface area contributed by atoms with E-state index in [1.807, 2.05) is 54.6 Å². The molecule has 1 fully saturated rings. The smallest absolute Gasteiger partial charge is 0.230 e. The van der Waals surface area contributed by atoms with E-state index in [4.69, 9.17) is 14.2 Å². The molecule has 1 amide bonds. The minimum absolute atomic E-state index is 0.0315. The van der Waals surface area contributed by atoms with E-state index < -0.39 is 11.5 Å². The van der Waals surface area contributed by atoms with E-state index in [0.717, 1.165) is 23.2 Å². The van der Waals surface area contributed by atoms with Gasteiger partial charge in [0.2, 0.25) is 5.91 Å². The van der Waals surface area contributed by atoms with Gasteiger partial charge in [-0.25, -0.2) is 0 Å². The molecule has 3 atom stereocenters. The van der Waals surface area contributed by atoms with Crippen molar-refractivity contribution in [3.05, 3.63) is 77.9 Å². The number of ether oxygens (including phenoxy) is 3. The summed E-state index contributed by atoms with van der Waals surface area (Å²) in [7, 11) is 3.11. The topological polar surface area (TPSA) is 89.1 Å². The highest BCUT2D eigenvalue weighted by Crippen LogP contribution is 2.38. The van der Waals surface area contributed by atoms with Crippen LogP contribution >= 0.6 is 0 Å². The molecule has 0 saturated carbocycles. The van der Waals surface area contributed by atoms with Crippen LogP contribution in [0.2, 0.25) is 0 Å². The lowest BCUT2D eigenvalue weighted by molar-refractivity contribution is -0.152. The number of benzene rings is 2. The van der Waals surface area contributed by atoms with Crippen molar-refractivity contribution in [1.82, 2.24) is 10.6 Å². The molecule has 7 nitrogen and oxygen atoms in total. The summed E-state index contributed by atoms with van der Waals surface area (Å²) < 4.78 is 17.2. The molecule has 0 bridgehead atoms. The molecule has 1 aliphatic heterocycles. The Morgan fingerprint density at radius 1 is 1.24 bits per heavy atom. The average Bonchev–Trinajstić information content (AvgIpc) is 2.88. The van der Waals surface area contributed by atoms with E-state index in [0.29, 0.717) is 18.9 Å². The number of amides is 1. The lowest BCUT2D eigenvalue weighted by Crippen LogP contribution is -2.60. The van der Waals surface area contributed by atoms with Gasteiger partial charge in [-0.2, -0.15) is 0 Å². The largest absolute Gasteiger partial charge is 0.504 e. The van der Waals surface area contributed by atoms with E-state index in [2.05, 4.69) is 10.6 Å². The maximum absolute atomic E-state index is 13.5. The molecule has 33 heavy (non-hydrogen) atoms. The predicted octanol–water partition coefficient (Wildman–Crippen LogP) is 2.66. The van der Waals surface area contributed by atoms with Crippen molar-refractivity contribution in [3.63, 3.8) is 0 Å². The number of phenolic OH excluding ortho intramolecular Hbond substituents is 1. The number of allylic oxidation sites excluding steroid dienone is 2. The summed E-state index contributed by atoms with van der Waals surface area (Å²) in [4.78, 5) is 13.5. The van der Waals surface area contributed by atoms with Gasteiger partial charge in [-0.3, -0.25) is 4.79 Å². The second kappa shape index (κ2) is 10.2. The number of carbonyl (C=O) groups excluding carboxylic acids is 1. The Hall–Kier alpha value is -3.13. The number of carbonyl (C=O) groups is 1. The highest BCUT2D eigenvalue weighted by molar-refractivity contribution is 5.88. The predicted molar refractivity (Wildman–Crippen MR) is 126 cm³/mol. The minimum atomic E-state index is -0.947. The third-order valence-corrected chi connectivity index (χ3v) is 6.24. The number of nitrogens with one attached hydrogen (secondary N) is 2. The van der Waals surface area contributed by atoms with Crippen LogP contribution in [0.15, 0.2) is 66.8 Å². The van der Waals surface area contributed by atoms with Gasteiger partial charge in [-0.05, 0) is 34.9 Å². The normalized spacial score (nSPS) is 24.7. The standard InChI is InChI=1S/C26H30N2O5/c1-31-23-9-8-18(14-22(23)29)16-28-25(30)21-15-20(19-6-4-3-5-7-19)10-11-26(21,32-2)24-17-27-12-13-33-24/h3-11,14-15,21,24,27,29H,12-13,16-17H2,1-2H3,(H,28,30). The highest BCUT2D eigenvalue weighted by Gasteiger charge is 2.49. The fourth-order valence-corrected chi connectivity index (χ4v) is 4.43. The summed E-state index contributed by atoms with van der Waals surface area (Å²) in [5.74, 6) is -0.374. The van der Waals surface area contributed by atoms with E-state index >= 15 is 0 Å². The molecule has 2 aromatic rings.